The van der Waals surface area contributed by atoms with Crippen molar-refractivity contribution in [1.29, 1.82) is 0 Å². The van der Waals surface area contributed by atoms with Crippen molar-refractivity contribution >= 4 is 11.9 Å². The van der Waals surface area contributed by atoms with Crippen LogP contribution in [0.5, 0.6) is 0 Å². The van der Waals surface area contributed by atoms with Gasteiger partial charge in [0.05, 0.1) is 39.0 Å². The second-order valence-corrected chi connectivity index (χ2v) is 4.08. The average Bonchev–Trinajstić information content (AvgIpc) is 2.47. The molecule has 6 nitrogen and oxygen atoms in total. The maximum absolute atomic E-state index is 11.3. The van der Waals surface area contributed by atoms with Crippen molar-refractivity contribution in [2.45, 2.75) is 32.1 Å². The Bertz CT molecular complexity index is 283. The fraction of sp³-hybridized carbons (Fsp3) is 0.600. The van der Waals surface area contributed by atoms with Crippen LogP contribution in [0.2, 0.25) is 0 Å². The smallest absolute Gasteiger partial charge is 0.305 e. The highest BCUT2D eigenvalue weighted by Crippen LogP contribution is 2.01. The monoisotopic (exact) mass is 300 g/mol. The van der Waals surface area contributed by atoms with Crippen LogP contribution in [-0.2, 0) is 28.5 Å². The van der Waals surface area contributed by atoms with E-state index in [-0.39, 0.29) is 24.8 Å². The molecule has 0 bridgehead atoms. The van der Waals surface area contributed by atoms with Crippen molar-refractivity contribution in [3.63, 3.8) is 0 Å². The minimum Gasteiger partial charge on any atom is -0.502 e. The Morgan fingerprint density at radius 3 is 1.52 bits per heavy atom. The summed E-state index contributed by atoms with van der Waals surface area (Å²) in [5.41, 5.74) is 0. The predicted octanol–water partition coefficient (Wildman–Crippen LogP) is 2.34. The lowest BCUT2D eigenvalue weighted by Crippen LogP contribution is -2.10. The van der Waals surface area contributed by atoms with Crippen LogP contribution in [-0.4, -0.2) is 38.4 Å². The van der Waals surface area contributed by atoms with Gasteiger partial charge in [0.25, 0.3) is 0 Å². The highest BCUT2D eigenvalue weighted by atomic mass is 16.5. The van der Waals surface area contributed by atoms with E-state index < -0.39 is 0 Å². The largest absolute Gasteiger partial charge is 0.502 e. The Balaban J connectivity index is 3.38. The zero-order valence-corrected chi connectivity index (χ0v) is 12.4. The standard InChI is InChI=1S/C15H24O6/c1-3-18-10-6-12-20-14(16)8-5-9-15(17)21-13-7-11-19-4-2/h3-4H,1-2,5-13H2. The van der Waals surface area contributed by atoms with Gasteiger partial charge in [-0.2, -0.15) is 0 Å². The van der Waals surface area contributed by atoms with Gasteiger partial charge in [-0.25, -0.2) is 0 Å². The molecule has 0 unspecified atom stereocenters. The molecule has 0 spiro atoms. The number of hydrogen-bond acceptors (Lipinski definition) is 6. The summed E-state index contributed by atoms with van der Waals surface area (Å²) in [6.45, 7) is 8.36. The highest BCUT2D eigenvalue weighted by molar-refractivity contribution is 5.72. The van der Waals surface area contributed by atoms with Crippen molar-refractivity contribution in [2.24, 2.45) is 0 Å². The summed E-state index contributed by atoms with van der Waals surface area (Å²) >= 11 is 0. The van der Waals surface area contributed by atoms with E-state index in [9.17, 15) is 9.59 Å². The van der Waals surface area contributed by atoms with Gasteiger partial charge in [-0.3, -0.25) is 9.59 Å². The van der Waals surface area contributed by atoms with E-state index in [2.05, 4.69) is 13.2 Å². The van der Waals surface area contributed by atoms with Crippen molar-refractivity contribution in [1.82, 2.24) is 0 Å². The maximum atomic E-state index is 11.3. The van der Waals surface area contributed by atoms with Gasteiger partial charge < -0.3 is 18.9 Å². The van der Waals surface area contributed by atoms with Crippen molar-refractivity contribution in [2.75, 3.05) is 26.4 Å². The molecule has 0 aliphatic heterocycles. The quantitative estimate of drug-likeness (QED) is 0.278. The molecule has 0 N–H and O–H groups in total. The normalized spacial score (nSPS) is 9.52. The first-order chi connectivity index (χ1) is 10.2. The third-order valence-corrected chi connectivity index (χ3v) is 2.34. The molecule has 0 rings (SSSR count). The molecule has 0 aliphatic rings. The van der Waals surface area contributed by atoms with Gasteiger partial charge in [0.15, 0.2) is 0 Å². The lowest BCUT2D eigenvalue weighted by Gasteiger charge is -2.06. The van der Waals surface area contributed by atoms with Crippen LogP contribution in [0.15, 0.2) is 25.7 Å². The van der Waals surface area contributed by atoms with E-state index in [0.717, 1.165) is 0 Å². The lowest BCUT2D eigenvalue weighted by atomic mass is 10.2. The van der Waals surface area contributed by atoms with E-state index in [1.807, 2.05) is 0 Å². The molecule has 0 heterocycles. The number of esters is 2. The molecule has 0 fully saturated rings. The van der Waals surface area contributed by atoms with Gasteiger partial charge in [-0.1, -0.05) is 13.2 Å². The molecule has 0 aromatic carbocycles. The highest BCUT2D eigenvalue weighted by Gasteiger charge is 2.07. The van der Waals surface area contributed by atoms with Crippen LogP contribution in [0.4, 0.5) is 0 Å². The summed E-state index contributed by atoms with van der Waals surface area (Å²) in [5.74, 6) is -0.637. The second-order valence-electron chi connectivity index (χ2n) is 4.08. The molecule has 6 heteroatoms. The van der Waals surface area contributed by atoms with Crippen LogP contribution >= 0.6 is 0 Å². The fourth-order valence-electron chi connectivity index (χ4n) is 1.34. The van der Waals surface area contributed by atoms with E-state index in [1.54, 1.807) is 0 Å². The van der Waals surface area contributed by atoms with Crippen molar-refractivity contribution in [3.8, 4) is 0 Å². The minimum absolute atomic E-state index is 0.205. The number of carbonyl (C=O) groups is 2. The van der Waals surface area contributed by atoms with Crippen LogP contribution in [0, 0.1) is 0 Å². The van der Waals surface area contributed by atoms with Crippen molar-refractivity contribution in [3.05, 3.63) is 25.7 Å². The van der Waals surface area contributed by atoms with Gasteiger partial charge in [0.1, 0.15) is 0 Å². The zero-order valence-electron chi connectivity index (χ0n) is 12.4. The molecular formula is C15H24O6. The summed E-state index contributed by atoms with van der Waals surface area (Å²) in [5, 5.41) is 0. The predicted molar refractivity (Wildman–Crippen MR) is 77.3 cm³/mol. The minimum atomic E-state index is -0.319. The fourth-order valence-corrected chi connectivity index (χ4v) is 1.34. The van der Waals surface area contributed by atoms with Crippen molar-refractivity contribution < 1.29 is 28.5 Å². The Hall–Kier alpha value is -1.98. The maximum Gasteiger partial charge on any atom is 0.305 e. The second kappa shape index (κ2) is 14.4. The third kappa shape index (κ3) is 14.2. The average molecular weight is 300 g/mol. The van der Waals surface area contributed by atoms with Crippen LogP contribution in [0.3, 0.4) is 0 Å². The SMILES string of the molecule is C=COCCCOC(=O)CCCC(=O)OCCCOC=C. The Morgan fingerprint density at radius 1 is 0.714 bits per heavy atom. The first kappa shape index (κ1) is 19.0. The summed E-state index contributed by atoms with van der Waals surface area (Å²) in [4.78, 5) is 22.7. The Labute approximate surface area is 125 Å². The van der Waals surface area contributed by atoms with E-state index >= 15 is 0 Å². The van der Waals surface area contributed by atoms with E-state index in [0.29, 0.717) is 45.7 Å². The third-order valence-electron chi connectivity index (χ3n) is 2.34. The first-order valence-corrected chi connectivity index (χ1v) is 6.97. The number of hydrogen-bond donors (Lipinski definition) is 0. The topological polar surface area (TPSA) is 71.1 Å². The van der Waals surface area contributed by atoms with E-state index in [1.165, 1.54) is 12.5 Å². The van der Waals surface area contributed by atoms with Crippen LogP contribution in [0.1, 0.15) is 32.1 Å². The van der Waals surface area contributed by atoms with Gasteiger partial charge >= 0.3 is 11.9 Å². The molecule has 0 atom stereocenters. The molecule has 0 saturated heterocycles. The molecule has 120 valence electrons. The Morgan fingerprint density at radius 2 is 1.14 bits per heavy atom. The van der Waals surface area contributed by atoms with E-state index in [4.69, 9.17) is 18.9 Å². The molecule has 0 aliphatic carbocycles. The first-order valence-electron chi connectivity index (χ1n) is 6.97. The van der Waals surface area contributed by atoms with Crippen LogP contribution < -0.4 is 0 Å². The molecule has 0 aromatic rings. The summed E-state index contributed by atoms with van der Waals surface area (Å²) < 4.78 is 19.7. The van der Waals surface area contributed by atoms with Crippen LogP contribution in [0.25, 0.3) is 0 Å². The molecule has 0 saturated carbocycles. The molecular weight excluding hydrogens is 276 g/mol. The zero-order chi connectivity index (χ0) is 15.8. The number of rotatable bonds is 14. The van der Waals surface area contributed by atoms with Gasteiger partial charge in [0.2, 0.25) is 0 Å². The summed E-state index contributed by atoms with van der Waals surface area (Å²) in [6.07, 6.45) is 4.76. The molecule has 0 radical (unpaired) electrons. The molecule has 0 aromatic heterocycles. The summed E-state index contributed by atoms with van der Waals surface area (Å²) in [6, 6.07) is 0. The Kier molecular flexibility index (Phi) is 13.1. The van der Waals surface area contributed by atoms with Gasteiger partial charge in [-0.05, 0) is 6.42 Å². The summed E-state index contributed by atoms with van der Waals surface area (Å²) in [7, 11) is 0. The number of carbonyl (C=O) groups excluding carboxylic acids is 2. The van der Waals surface area contributed by atoms with Gasteiger partial charge in [0, 0.05) is 25.7 Å². The number of ether oxygens (including phenoxy) is 4. The lowest BCUT2D eigenvalue weighted by molar-refractivity contribution is -0.145. The molecule has 21 heavy (non-hydrogen) atoms. The molecule has 0 amide bonds. The van der Waals surface area contributed by atoms with Gasteiger partial charge in [-0.15, -0.1) is 0 Å².